The van der Waals surface area contributed by atoms with E-state index in [0.717, 1.165) is 5.57 Å². The van der Waals surface area contributed by atoms with Gasteiger partial charge in [-0.3, -0.25) is 0 Å². The highest BCUT2D eigenvalue weighted by Crippen LogP contribution is 2.27. The van der Waals surface area contributed by atoms with Gasteiger partial charge in [0.05, 0.1) is 4.91 Å². The molecule has 0 saturated heterocycles. The van der Waals surface area contributed by atoms with Crippen LogP contribution in [0.3, 0.4) is 0 Å². The van der Waals surface area contributed by atoms with E-state index in [4.69, 9.17) is 0 Å². The first-order valence-electron chi connectivity index (χ1n) is 6.55. The Morgan fingerprint density at radius 1 is 1.05 bits per heavy atom. The van der Waals surface area contributed by atoms with E-state index in [1.165, 1.54) is 6.08 Å². The molecular weight excluding hydrogens is 260 g/mol. The molecule has 0 saturated carbocycles. The first kappa shape index (κ1) is 18.1. The van der Waals surface area contributed by atoms with Gasteiger partial charge in [0.1, 0.15) is 10.1 Å². The standard InChI is InChI=1S/C15H26O3S/c1-10(2)8-15(19(16,17)18)14(12(5)6)9-13(7)11(3)4/h8-12H,7H2,1-6H3,(H,16,17,18)/p-1/b14-9-,15-8-. The average molecular weight is 285 g/mol. The SMILES string of the molecule is C=C(/C=C(\C(=C\C(C)C)S(=O)(=O)[O-])C(C)C)C(C)C. The predicted octanol–water partition coefficient (Wildman–Crippen LogP) is 3.87. The zero-order chi connectivity index (χ0) is 15.4. The summed E-state index contributed by atoms with van der Waals surface area (Å²) in [4.78, 5) is -0.112. The van der Waals surface area contributed by atoms with Crippen molar-refractivity contribution in [1.29, 1.82) is 0 Å². The average Bonchev–Trinajstić information content (AvgIpc) is 2.20. The molecule has 0 unspecified atom stereocenters. The minimum absolute atomic E-state index is 0.00631. The van der Waals surface area contributed by atoms with Crippen molar-refractivity contribution in [1.82, 2.24) is 0 Å². The molecule has 0 radical (unpaired) electrons. The van der Waals surface area contributed by atoms with E-state index in [2.05, 4.69) is 6.58 Å². The summed E-state index contributed by atoms with van der Waals surface area (Å²) in [5.74, 6) is 0.154. The van der Waals surface area contributed by atoms with Crippen LogP contribution in [0.15, 0.2) is 34.8 Å². The van der Waals surface area contributed by atoms with E-state index >= 15 is 0 Å². The maximum atomic E-state index is 11.5. The second kappa shape index (κ2) is 7.06. The Balaban J connectivity index is 5.91. The molecule has 0 fully saturated rings. The lowest BCUT2D eigenvalue weighted by Crippen LogP contribution is -2.11. The molecule has 0 atom stereocenters. The minimum Gasteiger partial charge on any atom is -0.744 e. The van der Waals surface area contributed by atoms with Crippen LogP contribution in [0.2, 0.25) is 0 Å². The Morgan fingerprint density at radius 3 is 1.79 bits per heavy atom. The molecule has 0 aromatic heterocycles. The Labute approximate surface area is 117 Å². The predicted molar refractivity (Wildman–Crippen MR) is 79.5 cm³/mol. The van der Waals surface area contributed by atoms with Crippen LogP contribution in [-0.4, -0.2) is 13.0 Å². The fraction of sp³-hybridized carbons (Fsp3) is 0.600. The molecular formula is C15H25O3S-. The van der Waals surface area contributed by atoms with Crippen LogP contribution in [0, 0.1) is 17.8 Å². The van der Waals surface area contributed by atoms with E-state index < -0.39 is 10.1 Å². The molecule has 0 aromatic rings. The maximum absolute atomic E-state index is 11.5. The van der Waals surface area contributed by atoms with Gasteiger partial charge in [0.15, 0.2) is 0 Å². The van der Waals surface area contributed by atoms with Gasteiger partial charge in [0.25, 0.3) is 0 Å². The normalized spacial score (nSPS) is 14.6. The first-order valence-corrected chi connectivity index (χ1v) is 7.96. The molecule has 4 heteroatoms. The van der Waals surface area contributed by atoms with E-state index in [0.29, 0.717) is 5.57 Å². The van der Waals surface area contributed by atoms with Gasteiger partial charge in [-0.05, 0) is 23.3 Å². The lowest BCUT2D eigenvalue weighted by atomic mass is 9.95. The summed E-state index contributed by atoms with van der Waals surface area (Å²) in [5, 5.41) is 0. The summed E-state index contributed by atoms with van der Waals surface area (Å²) < 4.78 is 34.4. The first-order chi connectivity index (χ1) is 8.46. The van der Waals surface area contributed by atoms with Crippen molar-refractivity contribution < 1.29 is 13.0 Å². The van der Waals surface area contributed by atoms with Crippen molar-refractivity contribution in [3.05, 3.63) is 34.8 Å². The van der Waals surface area contributed by atoms with Gasteiger partial charge < -0.3 is 4.55 Å². The molecule has 0 heterocycles. The van der Waals surface area contributed by atoms with Crippen LogP contribution in [0.4, 0.5) is 0 Å². The molecule has 0 aliphatic heterocycles. The quantitative estimate of drug-likeness (QED) is 0.550. The summed E-state index contributed by atoms with van der Waals surface area (Å²) in [7, 11) is -4.47. The van der Waals surface area contributed by atoms with Gasteiger partial charge >= 0.3 is 0 Å². The lowest BCUT2D eigenvalue weighted by Gasteiger charge is -2.21. The van der Waals surface area contributed by atoms with Crippen LogP contribution in [0.25, 0.3) is 0 Å². The topological polar surface area (TPSA) is 57.2 Å². The molecule has 0 aromatic carbocycles. The Bertz CT molecular complexity index is 478. The maximum Gasteiger partial charge on any atom is 0.124 e. The molecule has 0 spiro atoms. The van der Waals surface area contributed by atoms with Crippen molar-refractivity contribution >= 4 is 10.1 Å². The van der Waals surface area contributed by atoms with E-state index in [1.807, 2.05) is 41.5 Å². The zero-order valence-electron chi connectivity index (χ0n) is 12.7. The molecule has 0 amide bonds. The summed E-state index contributed by atoms with van der Waals surface area (Å²) in [6.07, 6.45) is 3.25. The number of rotatable bonds is 6. The largest absolute Gasteiger partial charge is 0.744 e. The third kappa shape index (κ3) is 6.21. The van der Waals surface area contributed by atoms with Gasteiger partial charge in [0, 0.05) is 0 Å². The van der Waals surface area contributed by atoms with Gasteiger partial charge in [-0.2, -0.15) is 0 Å². The van der Waals surface area contributed by atoms with Crippen molar-refractivity contribution in [2.45, 2.75) is 41.5 Å². The van der Waals surface area contributed by atoms with Gasteiger partial charge in [0.2, 0.25) is 0 Å². The highest BCUT2D eigenvalue weighted by atomic mass is 32.2. The fourth-order valence-corrected chi connectivity index (χ4v) is 2.54. The third-order valence-electron chi connectivity index (χ3n) is 2.74. The highest BCUT2D eigenvalue weighted by molar-refractivity contribution is 7.90. The summed E-state index contributed by atoms with van der Waals surface area (Å²) >= 11 is 0. The zero-order valence-corrected chi connectivity index (χ0v) is 13.5. The Morgan fingerprint density at radius 2 is 1.53 bits per heavy atom. The van der Waals surface area contributed by atoms with Crippen molar-refractivity contribution in [2.75, 3.05) is 0 Å². The number of allylic oxidation sites excluding steroid dienone is 4. The summed E-state index contributed by atoms with van der Waals surface area (Å²) in [5.41, 5.74) is 1.37. The van der Waals surface area contributed by atoms with Crippen LogP contribution in [0.1, 0.15) is 41.5 Å². The molecule has 0 aliphatic carbocycles. The van der Waals surface area contributed by atoms with Gasteiger partial charge in [-0.25, -0.2) is 8.42 Å². The number of hydrogen-bond acceptors (Lipinski definition) is 3. The molecule has 0 N–H and O–H groups in total. The highest BCUT2D eigenvalue weighted by Gasteiger charge is 2.17. The van der Waals surface area contributed by atoms with E-state index in [-0.39, 0.29) is 22.7 Å². The molecule has 110 valence electrons. The van der Waals surface area contributed by atoms with Gasteiger partial charge in [-0.15, -0.1) is 0 Å². The minimum atomic E-state index is -4.47. The smallest absolute Gasteiger partial charge is 0.124 e. The Hall–Kier alpha value is -0.870. The van der Waals surface area contributed by atoms with Crippen molar-refractivity contribution in [3.8, 4) is 0 Å². The summed E-state index contributed by atoms with van der Waals surface area (Å²) in [6.45, 7) is 15.3. The molecule has 0 bridgehead atoms. The van der Waals surface area contributed by atoms with E-state index in [1.54, 1.807) is 6.08 Å². The monoisotopic (exact) mass is 285 g/mol. The third-order valence-corrected chi connectivity index (χ3v) is 3.65. The van der Waals surface area contributed by atoms with Gasteiger partial charge in [-0.1, -0.05) is 65.8 Å². The number of hydrogen-bond donors (Lipinski definition) is 0. The van der Waals surface area contributed by atoms with Crippen LogP contribution in [-0.2, 0) is 10.1 Å². The lowest BCUT2D eigenvalue weighted by molar-refractivity contribution is 0.469. The van der Waals surface area contributed by atoms with Crippen molar-refractivity contribution in [2.24, 2.45) is 17.8 Å². The second-order valence-electron chi connectivity index (χ2n) is 5.71. The molecule has 0 rings (SSSR count). The van der Waals surface area contributed by atoms with Crippen molar-refractivity contribution in [3.63, 3.8) is 0 Å². The second-order valence-corrected chi connectivity index (χ2v) is 7.06. The van der Waals surface area contributed by atoms with Crippen LogP contribution in [0.5, 0.6) is 0 Å². The molecule has 3 nitrogen and oxygen atoms in total. The molecule has 0 aliphatic rings. The summed E-state index contributed by atoms with van der Waals surface area (Å²) in [6, 6.07) is 0. The van der Waals surface area contributed by atoms with Crippen LogP contribution >= 0.6 is 0 Å². The Kier molecular flexibility index (Phi) is 6.73. The molecule has 19 heavy (non-hydrogen) atoms. The van der Waals surface area contributed by atoms with E-state index in [9.17, 15) is 13.0 Å². The fourth-order valence-electron chi connectivity index (χ4n) is 1.52. The van der Waals surface area contributed by atoms with Crippen LogP contribution < -0.4 is 0 Å².